The zero-order valence-electron chi connectivity index (χ0n) is 33.4. The lowest BCUT2D eigenvalue weighted by atomic mass is 10.0. The minimum absolute atomic E-state index is 0.0688. The summed E-state index contributed by atoms with van der Waals surface area (Å²) in [6, 6.07) is 0. The van der Waals surface area contributed by atoms with Gasteiger partial charge in [0.2, 0.25) is 0 Å². The molecule has 0 radical (unpaired) electrons. The Labute approximate surface area is 311 Å². The molecule has 0 aliphatic heterocycles. The number of hydrogen-bond acceptors (Lipinski definition) is 5. The first-order chi connectivity index (χ1) is 24.6. The molecule has 294 valence electrons. The normalized spacial score (nSPS) is 12.3. The molecule has 0 aromatic heterocycles. The van der Waals surface area contributed by atoms with Crippen LogP contribution in [-0.2, 0) is 19.1 Å². The van der Waals surface area contributed by atoms with Crippen LogP contribution in [0, 0.1) is 0 Å². The fraction of sp³-hybridized carbons (Fsp3) is 0.867. The number of unbranched alkanes of at least 4 members (excludes halogenated alkanes) is 28. The van der Waals surface area contributed by atoms with E-state index in [-0.39, 0.29) is 25.2 Å². The molecule has 5 nitrogen and oxygen atoms in total. The summed E-state index contributed by atoms with van der Waals surface area (Å²) >= 11 is 0. The number of ether oxygens (including phenoxy) is 2. The van der Waals surface area contributed by atoms with E-state index >= 15 is 0 Å². The number of carbonyl (C=O) groups is 2. The molecule has 50 heavy (non-hydrogen) atoms. The highest BCUT2D eigenvalue weighted by Gasteiger charge is 2.16. The van der Waals surface area contributed by atoms with Crippen molar-refractivity contribution in [1.29, 1.82) is 0 Å². The van der Waals surface area contributed by atoms with Crippen LogP contribution in [0.5, 0.6) is 0 Å². The van der Waals surface area contributed by atoms with Crippen molar-refractivity contribution in [2.24, 2.45) is 0 Å². The van der Waals surface area contributed by atoms with Gasteiger partial charge in [-0.3, -0.25) is 9.59 Å². The Morgan fingerprint density at radius 1 is 0.460 bits per heavy atom. The molecule has 0 rings (SSSR count). The van der Waals surface area contributed by atoms with Crippen molar-refractivity contribution in [3.05, 3.63) is 24.3 Å². The van der Waals surface area contributed by atoms with Crippen molar-refractivity contribution in [1.82, 2.24) is 0 Å². The van der Waals surface area contributed by atoms with E-state index < -0.39 is 6.10 Å². The van der Waals surface area contributed by atoms with Gasteiger partial charge in [0.15, 0.2) is 6.10 Å². The zero-order valence-corrected chi connectivity index (χ0v) is 33.4. The molecule has 0 aliphatic rings. The number of aliphatic hydroxyl groups is 1. The molecule has 1 unspecified atom stereocenters. The van der Waals surface area contributed by atoms with Crippen LogP contribution in [-0.4, -0.2) is 36.4 Å². The Bertz CT molecular complexity index is 761. The number of rotatable bonds is 40. The van der Waals surface area contributed by atoms with E-state index in [4.69, 9.17) is 9.47 Å². The molecule has 0 saturated heterocycles. The average Bonchev–Trinajstić information content (AvgIpc) is 3.12. The second kappa shape index (κ2) is 41.8. The molecule has 0 heterocycles. The monoisotopic (exact) mass is 705 g/mol. The van der Waals surface area contributed by atoms with E-state index in [0.29, 0.717) is 12.8 Å². The van der Waals surface area contributed by atoms with Gasteiger partial charge in [-0.1, -0.05) is 199 Å². The summed E-state index contributed by atoms with van der Waals surface area (Å²) in [6.45, 7) is 4.12. The highest BCUT2D eigenvalue weighted by Crippen LogP contribution is 2.16. The number of hydrogen-bond donors (Lipinski definition) is 1. The summed E-state index contributed by atoms with van der Waals surface area (Å²) in [6.07, 6.45) is 49.6. The first-order valence-electron chi connectivity index (χ1n) is 21.9. The molecule has 5 heteroatoms. The van der Waals surface area contributed by atoms with E-state index in [9.17, 15) is 14.7 Å². The lowest BCUT2D eigenvalue weighted by molar-refractivity contribution is -0.161. The van der Waals surface area contributed by atoms with Crippen LogP contribution in [0.25, 0.3) is 0 Å². The largest absolute Gasteiger partial charge is 0.462 e. The van der Waals surface area contributed by atoms with Gasteiger partial charge in [0.25, 0.3) is 0 Å². The second-order valence-corrected chi connectivity index (χ2v) is 14.8. The Morgan fingerprint density at radius 3 is 1.22 bits per heavy atom. The number of aliphatic hydroxyl groups excluding tert-OH is 1. The van der Waals surface area contributed by atoms with Crippen LogP contribution >= 0.6 is 0 Å². The molecule has 0 aromatic carbocycles. The predicted octanol–water partition coefficient (Wildman–Crippen LogP) is 13.8. The summed E-state index contributed by atoms with van der Waals surface area (Å²) in [5, 5.41) is 9.57. The molecular formula is C45H84O5. The summed E-state index contributed by atoms with van der Waals surface area (Å²) in [7, 11) is 0. The molecule has 0 saturated carbocycles. The van der Waals surface area contributed by atoms with Crippen LogP contribution in [0.3, 0.4) is 0 Å². The average molecular weight is 705 g/mol. The molecule has 0 fully saturated rings. The Kier molecular flexibility index (Phi) is 40.4. The smallest absolute Gasteiger partial charge is 0.306 e. The van der Waals surface area contributed by atoms with E-state index in [2.05, 4.69) is 38.2 Å². The number of carbonyl (C=O) groups excluding carboxylic acids is 2. The van der Waals surface area contributed by atoms with Crippen LogP contribution in [0.4, 0.5) is 0 Å². The van der Waals surface area contributed by atoms with Crippen LogP contribution in [0.15, 0.2) is 24.3 Å². The highest BCUT2D eigenvalue weighted by atomic mass is 16.6. The SMILES string of the molecule is CCCCCC=CCC=CCCCCCCCC(=O)OCC(CO)OC(=O)CCCCCCCCCCCCCCCCCCCCCCC. The van der Waals surface area contributed by atoms with Crippen LogP contribution < -0.4 is 0 Å². The van der Waals surface area contributed by atoms with Crippen LogP contribution in [0.2, 0.25) is 0 Å². The van der Waals surface area contributed by atoms with Gasteiger partial charge in [0.05, 0.1) is 6.61 Å². The standard InChI is InChI=1S/C45H84O5/c1-3-5-7-9-11-13-15-17-19-20-21-22-23-24-26-28-30-32-34-36-38-40-45(48)50-43(41-46)42-49-44(47)39-37-35-33-31-29-27-25-18-16-14-12-10-8-6-4-2/h12,14,18,25,43,46H,3-11,13,15-17,19-24,26-42H2,1-2H3. The lowest BCUT2D eigenvalue weighted by Gasteiger charge is -2.15. The topological polar surface area (TPSA) is 72.8 Å². The van der Waals surface area contributed by atoms with E-state index in [1.165, 1.54) is 154 Å². The van der Waals surface area contributed by atoms with Gasteiger partial charge in [-0.25, -0.2) is 0 Å². The molecule has 0 aromatic rings. The maximum atomic E-state index is 12.2. The van der Waals surface area contributed by atoms with Gasteiger partial charge in [0, 0.05) is 12.8 Å². The molecule has 1 N–H and O–H groups in total. The van der Waals surface area contributed by atoms with Crippen molar-refractivity contribution in [3.63, 3.8) is 0 Å². The number of allylic oxidation sites excluding steroid dienone is 4. The predicted molar refractivity (Wildman–Crippen MR) is 215 cm³/mol. The lowest BCUT2D eigenvalue weighted by Crippen LogP contribution is -2.28. The van der Waals surface area contributed by atoms with Gasteiger partial charge in [0.1, 0.15) is 6.61 Å². The third-order valence-electron chi connectivity index (χ3n) is 9.75. The maximum Gasteiger partial charge on any atom is 0.306 e. The molecule has 0 amide bonds. The molecule has 0 spiro atoms. The molecule has 0 aliphatic carbocycles. The molecule has 0 bridgehead atoms. The van der Waals surface area contributed by atoms with Gasteiger partial charge in [-0.05, 0) is 44.9 Å². The quantitative estimate of drug-likeness (QED) is 0.0390. The van der Waals surface area contributed by atoms with Crippen molar-refractivity contribution in [2.45, 2.75) is 238 Å². The van der Waals surface area contributed by atoms with Crippen molar-refractivity contribution < 1.29 is 24.2 Å². The third-order valence-corrected chi connectivity index (χ3v) is 9.75. The Hall–Kier alpha value is -1.62. The number of esters is 2. The summed E-state index contributed by atoms with van der Waals surface area (Å²) in [5.41, 5.74) is 0. The zero-order chi connectivity index (χ0) is 36.4. The van der Waals surface area contributed by atoms with Gasteiger partial charge in [-0.15, -0.1) is 0 Å². The molecular weight excluding hydrogens is 620 g/mol. The first kappa shape index (κ1) is 48.4. The summed E-state index contributed by atoms with van der Waals surface area (Å²) in [4.78, 5) is 24.3. The van der Waals surface area contributed by atoms with Crippen molar-refractivity contribution in [3.8, 4) is 0 Å². The van der Waals surface area contributed by atoms with Gasteiger partial charge < -0.3 is 14.6 Å². The second-order valence-electron chi connectivity index (χ2n) is 14.8. The van der Waals surface area contributed by atoms with Gasteiger partial charge in [-0.2, -0.15) is 0 Å². The van der Waals surface area contributed by atoms with E-state index in [1.807, 2.05) is 0 Å². The maximum absolute atomic E-state index is 12.2. The van der Waals surface area contributed by atoms with E-state index in [1.54, 1.807) is 0 Å². The van der Waals surface area contributed by atoms with Crippen molar-refractivity contribution >= 4 is 11.9 Å². The minimum Gasteiger partial charge on any atom is -0.462 e. The fourth-order valence-corrected chi connectivity index (χ4v) is 6.41. The minimum atomic E-state index is -0.772. The Balaban J connectivity index is 3.50. The summed E-state index contributed by atoms with van der Waals surface area (Å²) in [5.74, 6) is -0.596. The van der Waals surface area contributed by atoms with Crippen molar-refractivity contribution in [2.75, 3.05) is 13.2 Å². The third kappa shape index (κ3) is 39.2. The fourth-order valence-electron chi connectivity index (χ4n) is 6.41. The highest BCUT2D eigenvalue weighted by molar-refractivity contribution is 5.70. The Morgan fingerprint density at radius 2 is 0.800 bits per heavy atom. The van der Waals surface area contributed by atoms with Crippen LogP contribution in [0.1, 0.15) is 232 Å². The summed E-state index contributed by atoms with van der Waals surface area (Å²) < 4.78 is 10.6. The van der Waals surface area contributed by atoms with Gasteiger partial charge >= 0.3 is 11.9 Å². The first-order valence-corrected chi connectivity index (χ1v) is 21.9. The molecule has 1 atom stereocenters. The van der Waals surface area contributed by atoms with E-state index in [0.717, 1.165) is 51.4 Å².